The standard InChI is InChI=1S/C24H44O5/c1-3-5-7-8-9-10-11-12-16-21(24(26)27)22(25)19-20(15-6-4-2)29-23-17-13-14-18-28-23/h20,23,25H,3-19H2,1-2H3,(H,26,27). The summed E-state index contributed by atoms with van der Waals surface area (Å²) in [5.41, 5.74) is 0.158. The van der Waals surface area contributed by atoms with E-state index in [-0.39, 0.29) is 30.1 Å². The third-order valence-corrected chi connectivity index (χ3v) is 5.67. The van der Waals surface area contributed by atoms with Crippen LogP contribution in [-0.4, -0.2) is 35.2 Å². The molecule has 2 atom stereocenters. The highest BCUT2D eigenvalue weighted by molar-refractivity contribution is 5.87. The Morgan fingerprint density at radius 3 is 2.21 bits per heavy atom. The molecule has 0 bridgehead atoms. The highest BCUT2D eigenvalue weighted by Gasteiger charge is 2.23. The molecule has 0 aromatic heterocycles. The number of carboxylic acid groups (broad SMARTS) is 1. The second-order valence-electron chi connectivity index (χ2n) is 8.36. The largest absolute Gasteiger partial charge is 0.512 e. The maximum Gasteiger partial charge on any atom is 0.334 e. The smallest absolute Gasteiger partial charge is 0.334 e. The molecule has 1 heterocycles. The van der Waals surface area contributed by atoms with Crippen molar-refractivity contribution in [2.45, 2.75) is 129 Å². The maximum absolute atomic E-state index is 11.7. The van der Waals surface area contributed by atoms with E-state index >= 15 is 0 Å². The molecule has 0 saturated carbocycles. The minimum atomic E-state index is -1.01. The van der Waals surface area contributed by atoms with Crippen LogP contribution in [0.4, 0.5) is 0 Å². The van der Waals surface area contributed by atoms with Crippen molar-refractivity contribution in [1.29, 1.82) is 0 Å². The highest BCUT2D eigenvalue weighted by atomic mass is 16.7. The molecule has 2 unspecified atom stereocenters. The van der Waals surface area contributed by atoms with Gasteiger partial charge in [-0.25, -0.2) is 4.79 Å². The van der Waals surface area contributed by atoms with Gasteiger partial charge in [0.2, 0.25) is 0 Å². The van der Waals surface area contributed by atoms with Gasteiger partial charge in [-0.05, 0) is 38.5 Å². The van der Waals surface area contributed by atoms with Crippen molar-refractivity contribution in [3.8, 4) is 0 Å². The van der Waals surface area contributed by atoms with Crippen LogP contribution >= 0.6 is 0 Å². The first kappa shape index (κ1) is 26.0. The number of ether oxygens (including phenoxy) is 2. The van der Waals surface area contributed by atoms with Crippen molar-refractivity contribution in [3.05, 3.63) is 11.3 Å². The molecule has 0 radical (unpaired) electrons. The third-order valence-electron chi connectivity index (χ3n) is 5.67. The number of hydrogen-bond acceptors (Lipinski definition) is 4. The lowest BCUT2D eigenvalue weighted by Gasteiger charge is -2.28. The Kier molecular flexibility index (Phi) is 15.0. The summed E-state index contributed by atoms with van der Waals surface area (Å²) >= 11 is 0. The molecule has 29 heavy (non-hydrogen) atoms. The van der Waals surface area contributed by atoms with E-state index in [9.17, 15) is 15.0 Å². The molecule has 1 saturated heterocycles. The van der Waals surface area contributed by atoms with Crippen LogP contribution in [0.5, 0.6) is 0 Å². The fourth-order valence-corrected chi connectivity index (χ4v) is 3.83. The number of carbonyl (C=O) groups is 1. The van der Waals surface area contributed by atoms with Gasteiger partial charge in [0.25, 0.3) is 0 Å². The maximum atomic E-state index is 11.7. The highest BCUT2D eigenvalue weighted by Crippen LogP contribution is 2.24. The molecule has 1 aliphatic heterocycles. The van der Waals surface area contributed by atoms with Crippen molar-refractivity contribution < 1.29 is 24.5 Å². The van der Waals surface area contributed by atoms with E-state index in [1.807, 2.05) is 0 Å². The van der Waals surface area contributed by atoms with Gasteiger partial charge >= 0.3 is 5.97 Å². The predicted octanol–water partition coefficient (Wildman–Crippen LogP) is 6.91. The topological polar surface area (TPSA) is 76.0 Å². The van der Waals surface area contributed by atoms with Gasteiger partial charge in [0, 0.05) is 13.0 Å². The van der Waals surface area contributed by atoms with Crippen LogP contribution in [0.1, 0.15) is 117 Å². The van der Waals surface area contributed by atoms with Crippen molar-refractivity contribution in [3.63, 3.8) is 0 Å². The van der Waals surface area contributed by atoms with Crippen LogP contribution < -0.4 is 0 Å². The van der Waals surface area contributed by atoms with Gasteiger partial charge in [0.05, 0.1) is 11.7 Å². The number of unbranched alkanes of at least 4 members (excludes halogenated alkanes) is 8. The number of rotatable bonds is 17. The van der Waals surface area contributed by atoms with Crippen molar-refractivity contribution in [2.24, 2.45) is 0 Å². The predicted molar refractivity (Wildman–Crippen MR) is 117 cm³/mol. The number of aliphatic carboxylic acids is 1. The molecule has 1 fully saturated rings. The zero-order valence-corrected chi connectivity index (χ0v) is 18.8. The summed E-state index contributed by atoms with van der Waals surface area (Å²) in [5.74, 6) is -1.02. The molecule has 1 aliphatic rings. The van der Waals surface area contributed by atoms with E-state index in [4.69, 9.17) is 9.47 Å². The molecule has 1 rings (SSSR count). The molecule has 0 aliphatic carbocycles. The Hall–Kier alpha value is -1.07. The van der Waals surface area contributed by atoms with Gasteiger partial charge in [0.15, 0.2) is 6.29 Å². The van der Waals surface area contributed by atoms with Crippen LogP contribution in [0.15, 0.2) is 11.3 Å². The fourth-order valence-electron chi connectivity index (χ4n) is 3.83. The van der Waals surface area contributed by atoms with E-state index in [1.54, 1.807) is 0 Å². The number of aliphatic hydroxyl groups excluding tert-OH is 1. The molecule has 5 nitrogen and oxygen atoms in total. The normalized spacial score (nSPS) is 19.0. The lowest BCUT2D eigenvalue weighted by Crippen LogP contribution is -2.28. The molecule has 0 spiro atoms. The van der Waals surface area contributed by atoms with Gasteiger partial charge in [-0.3, -0.25) is 0 Å². The van der Waals surface area contributed by atoms with Crippen LogP contribution in [0.2, 0.25) is 0 Å². The van der Waals surface area contributed by atoms with Gasteiger partial charge in [-0.15, -0.1) is 0 Å². The van der Waals surface area contributed by atoms with Crippen molar-refractivity contribution in [2.75, 3.05) is 6.61 Å². The second kappa shape index (κ2) is 16.7. The van der Waals surface area contributed by atoms with E-state index < -0.39 is 5.97 Å². The zero-order valence-electron chi connectivity index (χ0n) is 18.8. The molecular weight excluding hydrogens is 368 g/mol. The summed E-state index contributed by atoms with van der Waals surface area (Å²) < 4.78 is 11.7. The van der Waals surface area contributed by atoms with E-state index in [1.165, 1.54) is 32.1 Å². The molecular formula is C24H44O5. The lowest BCUT2D eigenvalue weighted by atomic mass is 10.0. The minimum Gasteiger partial charge on any atom is -0.512 e. The Morgan fingerprint density at radius 2 is 1.62 bits per heavy atom. The number of aliphatic hydroxyl groups is 1. The van der Waals surface area contributed by atoms with E-state index in [0.29, 0.717) is 13.0 Å². The van der Waals surface area contributed by atoms with Crippen LogP contribution in [0.3, 0.4) is 0 Å². The van der Waals surface area contributed by atoms with Crippen LogP contribution in [0, 0.1) is 0 Å². The first-order valence-electron chi connectivity index (χ1n) is 12.0. The Bertz CT molecular complexity index is 454. The Morgan fingerprint density at radius 1 is 0.966 bits per heavy atom. The fraction of sp³-hybridized carbons (Fsp3) is 0.875. The molecule has 0 aromatic rings. The van der Waals surface area contributed by atoms with Crippen LogP contribution in [0.25, 0.3) is 0 Å². The van der Waals surface area contributed by atoms with Crippen molar-refractivity contribution in [1.82, 2.24) is 0 Å². The van der Waals surface area contributed by atoms with E-state index in [2.05, 4.69) is 13.8 Å². The number of carboxylic acids is 1. The lowest BCUT2D eigenvalue weighted by molar-refractivity contribution is -0.190. The first-order chi connectivity index (χ1) is 14.1. The quantitative estimate of drug-likeness (QED) is 0.154. The minimum absolute atomic E-state index is 0.0163. The molecule has 0 aromatic carbocycles. The van der Waals surface area contributed by atoms with Gasteiger partial charge in [-0.2, -0.15) is 0 Å². The third kappa shape index (κ3) is 12.3. The first-order valence-corrected chi connectivity index (χ1v) is 12.0. The van der Waals surface area contributed by atoms with Gasteiger partial charge in [-0.1, -0.05) is 71.6 Å². The zero-order chi connectivity index (χ0) is 21.3. The average molecular weight is 413 g/mol. The summed E-state index contributed by atoms with van der Waals surface area (Å²) in [5, 5.41) is 20.1. The molecule has 0 amide bonds. The summed E-state index contributed by atoms with van der Waals surface area (Å²) in [6.07, 6.45) is 15.4. The SMILES string of the molecule is CCCCCCCCCCC(C(=O)O)=C(O)CC(CCCC)OC1CCCCO1. The molecule has 5 heteroatoms. The summed E-state index contributed by atoms with van der Waals surface area (Å²) in [6, 6.07) is 0. The summed E-state index contributed by atoms with van der Waals surface area (Å²) in [6.45, 7) is 5.05. The number of hydrogen-bond donors (Lipinski definition) is 2. The monoisotopic (exact) mass is 412 g/mol. The van der Waals surface area contributed by atoms with Gasteiger partial charge < -0.3 is 19.7 Å². The average Bonchev–Trinajstić information content (AvgIpc) is 2.71. The Labute approximate surface area is 177 Å². The Balaban J connectivity index is 2.49. The molecule has 170 valence electrons. The summed E-state index contributed by atoms with van der Waals surface area (Å²) in [4.78, 5) is 11.7. The second-order valence-corrected chi connectivity index (χ2v) is 8.36. The van der Waals surface area contributed by atoms with Gasteiger partial charge in [0.1, 0.15) is 5.76 Å². The van der Waals surface area contributed by atoms with Crippen LogP contribution in [-0.2, 0) is 14.3 Å². The molecule has 2 N–H and O–H groups in total. The van der Waals surface area contributed by atoms with Crippen molar-refractivity contribution >= 4 is 5.97 Å². The summed E-state index contributed by atoms with van der Waals surface area (Å²) in [7, 11) is 0. The van der Waals surface area contributed by atoms with E-state index in [0.717, 1.165) is 57.8 Å².